The molecule has 3 aromatic carbocycles. The Kier molecular flexibility index (Phi) is 6.05. The van der Waals surface area contributed by atoms with Crippen molar-refractivity contribution in [1.29, 1.82) is 0 Å². The largest absolute Gasteiger partial charge is 0.507 e. The number of ketones is 1. The van der Waals surface area contributed by atoms with Crippen molar-refractivity contribution in [1.82, 2.24) is 4.98 Å². The van der Waals surface area contributed by atoms with E-state index in [1.54, 1.807) is 54.6 Å². The monoisotopic (exact) mass is 488 g/mol. The lowest BCUT2D eigenvalue weighted by atomic mass is 9.95. The summed E-state index contributed by atoms with van der Waals surface area (Å²) in [5.74, 6) is -1.65. The van der Waals surface area contributed by atoms with Crippen LogP contribution in [0.2, 0.25) is 0 Å². The lowest BCUT2D eigenvalue weighted by molar-refractivity contribution is -0.132. The molecule has 35 heavy (non-hydrogen) atoms. The number of ether oxygens (including phenoxy) is 1. The van der Waals surface area contributed by atoms with Gasteiger partial charge in [-0.1, -0.05) is 60.7 Å². The van der Waals surface area contributed by atoms with Crippen LogP contribution in [0.3, 0.4) is 0 Å². The molecule has 2 heterocycles. The predicted octanol–water partition coefficient (Wildman–Crippen LogP) is 5.85. The Labute approximate surface area is 204 Å². The molecule has 1 N–H and O–H groups in total. The van der Waals surface area contributed by atoms with E-state index in [0.717, 1.165) is 17.8 Å². The predicted molar refractivity (Wildman–Crippen MR) is 133 cm³/mol. The Balaban J connectivity index is 1.67. The molecule has 4 aromatic rings. The molecule has 8 heteroatoms. The summed E-state index contributed by atoms with van der Waals surface area (Å²) in [6.07, 6.45) is 0.858. The van der Waals surface area contributed by atoms with Crippen LogP contribution in [0.1, 0.15) is 30.5 Å². The lowest BCUT2D eigenvalue weighted by Crippen LogP contribution is -2.29. The number of rotatable bonds is 6. The number of Topliss-reactive ketones (excluding diaryl/α,β-unsaturated/α-hetero) is 1. The zero-order valence-corrected chi connectivity index (χ0v) is 19.6. The van der Waals surface area contributed by atoms with Crippen LogP contribution in [-0.4, -0.2) is 28.4 Å². The van der Waals surface area contributed by atoms with Gasteiger partial charge in [-0.2, -0.15) is 0 Å². The number of thiazole rings is 1. The molecule has 1 atom stereocenters. The van der Waals surface area contributed by atoms with Crippen LogP contribution >= 0.6 is 11.3 Å². The third kappa shape index (κ3) is 4.17. The number of carbonyl (C=O) groups is 2. The fourth-order valence-electron chi connectivity index (χ4n) is 4.05. The average molecular weight is 489 g/mol. The van der Waals surface area contributed by atoms with E-state index >= 15 is 0 Å². The number of aliphatic hydroxyl groups is 1. The molecule has 0 radical (unpaired) electrons. The maximum Gasteiger partial charge on any atom is 0.301 e. The summed E-state index contributed by atoms with van der Waals surface area (Å²) in [7, 11) is 0. The molecule has 176 valence electrons. The third-order valence-electron chi connectivity index (χ3n) is 5.71. The fourth-order valence-corrected chi connectivity index (χ4v) is 5.07. The molecular weight excluding hydrogens is 467 g/mol. The molecule has 0 aliphatic carbocycles. The highest BCUT2D eigenvalue weighted by Crippen LogP contribution is 2.44. The van der Waals surface area contributed by atoms with Gasteiger partial charge in [-0.3, -0.25) is 14.5 Å². The zero-order chi connectivity index (χ0) is 24.5. The minimum absolute atomic E-state index is 0.0335. The van der Waals surface area contributed by atoms with Crippen molar-refractivity contribution in [2.75, 3.05) is 11.5 Å². The Morgan fingerprint density at radius 3 is 2.54 bits per heavy atom. The van der Waals surface area contributed by atoms with Gasteiger partial charge in [0, 0.05) is 5.56 Å². The smallest absolute Gasteiger partial charge is 0.301 e. The number of anilines is 1. The van der Waals surface area contributed by atoms with Crippen LogP contribution < -0.4 is 9.64 Å². The van der Waals surface area contributed by atoms with Crippen LogP contribution in [0.5, 0.6) is 5.75 Å². The van der Waals surface area contributed by atoms with E-state index in [1.807, 2.05) is 6.92 Å². The van der Waals surface area contributed by atoms with E-state index in [-0.39, 0.29) is 16.5 Å². The number of nitrogens with zero attached hydrogens (tertiary/aromatic N) is 2. The van der Waals surface area contributed by atoms with Crippen molar-refractivity contribution < 1.29 is 23.8 Å². The maximum atomic E-state index is 13.8. The van der Waals surface area contributed by atoms with Crippen LogP contribution in [0.25, 0.3) is 16.0 Å². The lowest BCUT2D eigenvalue weighted by Gasteiger charge is -2.23. The van der Waals surface area contributed by atoms with Gasteiger partial charge >= 0.3 is 5.91 Å². The molecule has 1 aliphatic rings. The second-order valence-electron chi connectivity index (χ2n) is 8.06. The van der Waals surface area contributed by atoms with Crippen molar-refractivity contribution in [3.63, 3.8) is 0 Å². The van der Waals surface area contributed by atoms with Crippen LogP contribution in [0.15, 0.2) is 78.4 Å². The summed E-state index contributed by atoms with van der Waals surface area (Å²) < 4.78 is 20.0. The normalized spacial score (nSPS) is 17.3. The van der Waals surface area contributed by atoms with E-state index in [4.69, 9.17) is 4.74 Å². The number of benzene rings is 3. The number of fused-ring (bicyclic) bond motifs is 1. The molecule has 1 aliphatic heterocycles. The molecule has 1 fully saturated rings. The first-order chi connectivity index (χ1) is 17.0. The van der Waals surface area contributed by atoms with Crippen molar-refractivity contribution >= 4 is 44.1 Å². The molecule has 1 aromatic heterocycles. The number of aliphatic hydroxyl groups excluding tert-OH is 1. The molecule has 6 nitrogen and oxygen atoms in total. The molecule has 5 rings (SSSR count). The minimum Gasteiger partial charge on any atom is -0.507 e. The molecule has 0 spiro atoms. The minimum atomic E-state index is -0.916. The number of hydrogen-bond donors (Lipinski definition) is 1. The summed E-state index contributed by atoms with van der Waals surface area (Å²) in [5, 5.41) is 11.4. The average Bonchev–Trinajstić information content (AvgIpc) is 3.40. The van der Waals surface area contributed by atoms with Crippen LogP contribution in [0.4, 0.5) is 9.52 Å². The number of aromatic nitrogens is 1. The number of amides is 1. The SMILES string of the molecule is CCCOc1ccc(C2/C(=C(\O)c3ccccc3)C(=O)C(=O)N2c2nc3ccc(F)cc3s2)cc1. The van der Waals surface area contributed by atoms with Gasteiger partial charge in [0.1, 0.15) is 17.3 Å². The van der Waals surface area contributed by atoms with Crippen LogP contribution in [0, 0.1) is 5.82 Å². The molecule has 1 saturated heterocycles. The van der Waals surface area contributed by atoms with Crippen molar-refractivity contribution in [3.8, 4) is 5.75 Å². The molecule has 0 bridgehead atoms. The summed E-state index contributed by atoms with van der Waals surface area (Å²) in [6.45, 7) is 2.57. The first kappa shape index (κ1) is 22.7. The quantitative estimate of drug-likeness (QED) is 0.209. The molecule has 1 unspecified atom stereocenters. The number of halogens is 1. The third-order valence-corrected chi connectivity index (χ3v) is 6.72. The topological polar surface area (TPSA) is 79.7 Å². The highest BCUT2D eigenvalue weighted by atomic mass is 32.1. The Morgan fingerprint density at radius 1 is 1.09 bits per heavy atom. The highest BCUT2D eigenvalue weighted by Gasteiger charge is 2.48. The van der Waals surface area contributed by atoms with E-state index in [2.05, 4.69) is 4.98 Å². The van der Waals surface area contributed by atoms with Crippen LogP contribution in [-0.2, 0) is 9.59 Å². The fraction of sp³-hybridized carbons (Fsp3) is 0.148. The van der Waals surface area contributed by atoms with Gasteiger partial charge in [0.2, 0.25) is 0 Å². The van der Waals surface area contributed by atoms with E-state index < -0.39 is 23.5 Å². The summed E-state index contributed by atoms with van der Waals surface area (Å²) in [4.78, 5) is 32.3. The van der Waals surface area contributed by atoms with Gasteiger partial charge in [0.15, 0.2) is 5.13 Å². The van der Waals surface area contributed by atoms with Gasteiger partial charge in [-0.25, -0.2) is 9.37 Å². The molecule has 0 saturated carbocycles. The Hall–Kier alpha value is -4.04. The van der Waals surface area contributed by atoms with Crippen molar-refractivity contribution in [3.05, 3.63) is 95.3 Å². The van der Waals surface area contributed by atoms with Crippen molar-refractivity contribution in [2.24, 2.45) is 0 Å². The van der Waals surface area contributed by atoms with E-state index in [0.29, 0.717) is 33.7 Å². The zero-order valence-electron chi connectivity index (χ0n) is 18.8. The molecule has 1 amide bonds. The van der Waals surface area contributed by atoms with Crippen molar-refractivity contribution in [2.45, 2.75) is 19.4 Å². The summed E-state index contributed by atoms with van der Waals surface area (Å²) >= 11 is 1.11. The summed E-state index contributed by atoms with van der Waals surface area (Å²) in [5.41, 5.74) is 1.51. The molecular formula is C27H21FN2O4S. The van der Waals surface area contributed by atoms with Gasteiger partial charge in [0.05, 0.1) is 28.4 Å². The Morgan fingerprint density at radius 2 is 1.83 bits per heavy atom. The summed E-state index contributed by atoms with van der Waals surface area (Å²) in [6, 6.07) is 18.9. The van der Waals surface area contributed by atoms with E-state index in [9.17, 15) is 19.1 Å². The maximum absolute atomic E-state index is 13.8. The van der Waals surface area contributed by atoms with Gasteiger partial charge < -0.3 is 9.84 Å². The number of hydrogen-bond acceptors (Lipinski definition) is 6. The number of carbonyl (C=O) groups excluding carboxylic acids is 2. The van der Waals surface area contributed by atoms with E-state index in [1.165, 1.54) is 23.1 Å². The second-order valence-corrected chi connectivity index (χ2v) is 9.07. The van der Waals surface area contributed by atoms with Gasteiger partial charge in [0.25, 0.3) is 5.78 Å². The van der Waals surface area contributed by atoms with Gasteiger partial charge in [-0.15, -0.1) is 0 Å². The standard InChI is InChI=1S/C27H21FN2O4S/c1-2-14-34-19-11-8-16(9-12-19)23-22(24(31)17-6-4-3-5-7-17)25(32)26(33)30(23)27-29-20-13-10-18(28)15-21(20)35-27/h3-13,15,23,31H,2,14H2,1H3/b24-22+. The highest BCUT2D eigenvalue weighted by molar-refractivity contribution is 7.22. The van der Waals surface area contributed by atoms with Gasteiger partial charge in [-0.05, 0) is 42.3 Å². The second kappa shape index (κ2) is 9.31. The Bertz CT molecular complexity index is 1450. The first-order valence-corrected chi connectivity index (χ1v) is 11.9. The first-order valence-electron chi connectivity index (χ1n) is 11.1.